The lowest BCUT2D eigenvalue weighted by molar-refractivity contribution is 0.0989. The van der Waals surface area contributed by atoms with Crippen molar-refractivity contribution < 1.29 is 4.79 Å². The van der Waals surface area contributed by atoms with Crippen LogP contribution >= 0.6 is 15.9 Å². The van der Waals surface area contributed by atoms with Crippen LogP contribution in [0.15, 0.2) is 83.3 Å². The molecular weight excluding hydrogens is 426 g/mol. The second-order valence-electron chi connectivity index (χ2n) is 7.19. The Hall–Kier alpha value is -3.18. The number of aromatic nitrogens is 2. The monoisotopic (exact) mass is 443 g/mol. The Bertz CT molecular complexity index is 1180. The van der Waals surface area contributed by atoms with Gasteiger partial charge in [-0.3, -0.25) is 14.8 Å². The first kappa shape index (κ1) is 17.9. The van der Waals surface area contributed by atoms with E-state index in [0.29, 0.717) is 5.69 Å². The summed E-state index contributed by atoms with van der Waals surface area (Å²) in [5.74, 6) is -0.0676. The summed E-state index contributed by atoms with van der Waals surface area (Å²) in [6, 6.07) is 26.0. The molecule has 1 aromatic heterocycles. The topological polar surface area (TPSA) is 49.0 Å². The summed E-state index contributed by atoms with van der Waals surface area (Å²) < 4.78 is 0.977. The van der Waals surface area contributed by atoms with Crippen molar-refractivity contribution in [1.29, 1.82) is 0 Å². The Kier molecular flexibility index (Phi) is 4.32. The van der Waals surface area contributed by atoms with Crippen LogP contribution in [-0.2, 0) is 0 Å². The molecule has 29 heavy (non-hydrogen) atoms. The number of amides is 1. The van der Waals surface area contributed by atoms with Gasteiger partial charge < -0.3 is 0 Å². The zero-order chi connectivity index (χ0) is 20.0. The van der Waals surface area contributed by atoms with Crippen molar-refractivity contribution in [2.45, 2.75) is 13.0 Å². The maximum Gasteiger partial charge on any atom is 0.277 e. The van der Waals surface area contributed by atoms with Crippen molar-refractivity contribution in [3.05, 3.63) is 106 Å². The van der Waals surface area contributed by atoms with E-state index in [-0.39, 0.29) is 11.9 Å². The van der Waals surface area contributed by atoms with Crippen molar-refractivity contribution >= 4 is 27.5 Å². The van der Waals surface area contributed by atoms with Gasteiger partial charge in [0.25, 0.3) is 5.91 Å². The van der Waals surface area contributed by atoms with E-state index in [1.807, 2.05) is 47.4 Å². The van der Waals surface area contributed by atoms with Crippen molar-refractivity contribution in [3.63, 3.8) is 0 Å². The predicted octanol–water partition coefficient (Wildman–Crippen LogP) is 5.90. The van der Waals surface area contributed by atoms with E-state index in [9.17, 15) is 4.79 Å². The Morgan fingerprint density at radius 3 is 2.31 bits per heavy atom. The number of hydrogen-bond donors (Lipinski definition) is 1. The average Bonchev–Trinajstić information content (AvgIpc) is 3.29. The van der Waals surface area contributed by atoms with Crippen molar-refractivity contribution in [3.8, 4) is 11.3 Å². The molecule has 4 aromatic rings. The zero-order valence-corrected chi connectivity index (χ0v) is 17.3. The summed E-state index contributed by atoms with van der Waals surface area (Å²) in [5, 5.41) is 7.54. The molecule has 0 fully saturated rings. The second kappa shape index (κ2) is 7.01. The van der Waals surface area contributed by atoms with Crippen LogP contribution in [0, 0.1) is 6.92 Å². The number of anilines is 1. The van der Waals surface area contributed by atoms with E-state index in [0.717, 1.165) is 32.5 Å². The highest BCUT2D eigenvalue weighted by atomic mass is 79.9. The van der Waals surface area contributed by atoms with Gasteiger partial charge in [-0.2, -0.15) is 5.10 Å². The first-order valence-corrected chi connectivity index (χ1v) is 10.2. The minimum absolute atomic E-state index is 0.0676. The SMILES string of the molecule is Cc1ccc(-c2n[nH]c3c2C(c2ccccc2)N(c2ccc(Br)cc2)C3=O)cc1. The molecule has 0 bridgehead atoms. The van der Waals surface area contributed by atoms with Gasteiger partial charge in [0, 0.05) is 21.3 Å². The number of halogens is 1. The Balaban J connectivity index is 1.71. The summed E-state index contributed by atoms with van der Waals surface area (Å²) in [7, 11) is 0. The Morgan fingerprint density at radius 2 is 1.62 bits per heavy atom. The highest BCUT2D eigenvalue weighted by Crippen LogP contribution is 2.45. The molecule has 5 heteroatoms. The fraction of sp³-hybridized carbons (Fsp3) is 0.0833. The van der Waals surface area contributed by atoms with Crippen LogP contribution in [0.3, 0.4) is 0 Å². The molecule has 0 spiro atoms. The molecule has 142 valence electrons. The molecule has 2 heterocycles. The molecule has 0 radical (unpaired) electrons. The maximum absolute atomic E-state index is 13.4. The number of H-pyrrole nitrogens is 1. The number of hydrogen-bond acceptors (Lipinski definition) is 2. The van der Waals surface area contributed by atoms with E-state index >= 15 is 0 Å². The number of nitrogens with zero attached hydrogens (tertiary/aromatic N) is 2. The van der Waals surface area contributed by atoms with Gasteiger partial charge in [-0.25, -0.2) is 0 Å². The van der Waals surface area contributed by atoms with Gasteiger partial charge in [0.1, 0.15) is 5.69 Å². The van der Waals surface area contributed by atoms with Gasteiger partial charge in [0.05, 0.1) is 11.7 Å². The van der Waals surface area contributed by atoms with Crippen LogP contribution in [-0.4, -0.2) is 16.1 Å². The molecule has 0 saturated heterocycles. The van der Waals surface area contributed by atoms with Gasteiger partial charge in [-0.1, -0.05) is 76.1 Å². The summed E-state index contributed by atoms with van der Waals surface area (Å²) in [6.07, 6.45) is 0. The molecule has 1 aliphatic heterocycles. The third-order valence-electron chi connectivity index (χ3n) is 5.31. The van der Waals surface area contributed by atoms with Gasteiger partial charge in [-0.15, -0.1) is 0 Å². The fourth-order valence-electron chi connectivity index (χ4n) is 3.90. The minimum Gasteiger partial charge on any atom is -0.295 e. The molecule has 5 rings (SSSR count). The minimum atomic E-state index is -0.241. The van der Waals surface area contributed by atoms with E-state index in [2.05, 4.69) is 69.4 Å². The van der Waals surface area contributed by atoms with Gasteiger partial charge in [0.15, 0.2) is 0 Å². The second-order valence-corrected chi connectivity index (χ2v) is 8.11. The molecule has 1 aliphatic rings. The number of carbonyl (C=O) groups is 1. The predicted molar refractivity (Wildman–Crippen MR) is 118 cm³/mol. The molecule has 0 aliphatic carbocycles. The van der Waals surface area contributed by atoms with Crippen molar-refractivity contribution in [2.75, 3.05) is 4.90 Å². The van der Waals surface area contributed by atoms with Crippen LogP contribution in [0.1, 0.15) is 33.2 Å². The Morgan fingerprint density at radius 1 is 0.931 bits per heavy atom. The number of aryl methyl sites for hydroxylation is 1. The standard InChI is InChI=1S/C24H18BrN3O/c1-15-7-9-16(10-8-15)21-20-22(27-26-21)24(29)28(19-13-11-18(25)12-14-19)23(20)17-5-3-2-4-6-17/h2-14,23H,1H3,(H,26,27). The smallest absolute Gasteiger partial charge is 0.277 e. The lowest BCUT2D eigenvalue weighted by Crippen LogP contribution is -2.29. The molecule has 1 atom stereocenters. The molecule has 4 nitrogen and oxygen atoms in total. The van der Waals surface area contributed by atoms with Crippen LogP contribution in [0.4, 0.5) is 5.69 Å². The quantitative estimate of drug-likeness (QED) is 0.428. The number of aromatic amines is 1. The highest BCUT2D eigenvalue weighted by Gasteiger charge is 2.42. The lowest BCUT2D eigenvalue weighted by Gasteiger charge is -2.26. The van der Waals surface area contributed by atoms with E-state index < -0.39 is 0 Å². The third-order valence-corrected chi connectivity index (χ3v) is 5.84. The lowest BCUT2D eigenvalue weighted by atomic mass is 9.95. The van der Waals surface area contributed by atoms with E-state index in [1.54, 1.807) is 0 Å². The average molecular weight is 444 g/mol. The van der Waals surface area contributed by atoms with Gasteiger partial charge in [-0.05, 0) is 36.8 Å². The number of fused-ring (bicyclic) bond motifs is 1. The molecule has 1 amide bonds. The number of rotatable bonds is 3. The number of nitrogens with one attached hydrogen (secondary N) is 1. The van der Waals surface area contributed by atoms with Crippen molar-refractivity contribution in [2.24, 2.45) is 0 Å². The maximum atomic E-state index is 13.4. The molecule has 1 N–H and O–H groups in total. The number of benzene rings is 3. The van der Waals surface area contributed by atoms with Crippen molar-refractivity contribution in [1.82, 2.24) is 10.2 Å². The van der Waals surface area contributed by atoms with Crippen LogP contribution in [0.5, 0.6) is 0 Å². The van der Waals surface area contributed by atoms with E-state index in [1.165, 1.54) is 5.56 Å². The van der Waals surface area contributed by atoms with Gasteiger partial charge in [0.2, 0.25) is 0 Å². The van der Waals surface area contributed by atoms with Crippen LogP contribution in [0.2, 0.25) is 0 Å². The van der Waals surface area contributed by atoms with Crippen LogP contribution < -0.4 is 4.90 Å². The molecule has 1 unspecified atom stereocenters. The van der Waals surface area contributed by atoms with E-state index in [4.69, 9.17) is 0 Å². The molecule has 0 saturated carbocycles. The largest absolute Gasteiger partial charge is 0.295 e. The first-order chi connectivity index (χ1) is 14.1. The summed E-state index contributed by atoms with van der Waals surface area (Å²) in [4.78, 5) is 15.3. The normalized spacial score (nSPS) is 15.6. The zero-order valence-electron chi connectivity index (χ0n) is 15.8. The fourth-order valence-corrected chi connectivity index (χ4v) is 4.16. The summed E-state index contributed by atoms with van der Waals surface area (Å²) >= 11 is 3.48. The summed E-state index contributed by atoms with van der Waals surface area (Å²) in [5.41, 5.74) is 6.39. The highest BCUT2D eigenvalue weighted by molar-refractivity contribution is 9.10. The first-order valence-electron chi connectivity index (χ1n) is 9.43. The Labute approximate surface area is 177 Å². The number of carbonyl (C=O) groups excluding carboxylic acids is 1. The third kappa shape index (κ3) is 2.98. The summed E-state index contributed by atoms with van der Waals surface area (Å²) in [6.45, 7) is 2.06. The molecule has 3 aromatic carbocycles. The van der Waals surface area contributed by atoms with Crippen LogP contribution in [0.25, 0.3) is 11.3 Å². The molecular formula is C24H18BrN3O. The van der Waals surface area contributed by atoms with Gasteiger partial charge >= 0.3 is 0 Å².